The molecule has 0 radical (unpaired) electrons. The van der Waals surface area contributed by atoms with Gasteiger partial charge >= 0.3 is 0 Å². The average Bonchev–Trinajstić information content (AvgIpc) is 3.34. The Hall–Kier alpha value is -2.23. The van der Waals surface area contributed by atoms with Crippen LogP contribution in [0.2, 0.25) is 0 Å². The number of nitrogens with one attached hydrogen (secondary N) is 1. The lowest BCUT2D eigenvalue weighted by molar-refractivity contribution is 0.0789. The molecular formula is C23H30N4O3S2. The second-order valence-electron chi connectivity index (χ2n) is 8.30. The van der Waals surface area contributed by atoms with Crippen LogP contribution in [-0.2, 0) is 10.0 Å². The molecule has 0 saturated carbocycles. The highest BCUT2D eigenvalue weighted by atomic mass is 32.2. The Morgan fingerprint density at radius 3 is 2.22 bits per heavy atom. The van der Waals surface area contributed by atoms with Crippen molar-refractivity contribution in [3.8, 4) is 0 Å². The minimum absolute atomic E-state index is 0.0968. The van der Waals surface area contributed by atoms with Crippen molar-refractivity contribution in [1.29, 1.82) is 0 Å². The monoisotopic (exact) mass is 474 g/mol. The van der Waals surface area contributed by atoms with Crippen molar-refractivity contribution < 1.29 is 13.2 Å². The van der Waals surface area contributed by atoms with Gasteiger partial charge in [0.2, 0.25) is 0 Å². The second kappa shape index (κ2) is 9.72. The third-order valence-electron chi connectivity index (χ3n) is 6.09. The first-order valence-corrected chi connectivity index (χ1v) is 13.6. The topological polar surface area (TPSA) is 73.0 Å². The van der Waals surface area contributed by atoms with Gasteiger partial charge in [-0.3, -0.25) is 9.52 Å². The number of carbonyl (C=O) groups excluding carboxylic acids is 1. The molecule has 32 heavy (non-hydrogen) atoms. The number of carbonyl (C=O) groups is 1. The van der Waals surface area contributed by atoms with Gasteiger partial charge in [0.15, 0.2) is 0 Å². The Bertz CT molecular complexity index is 1060. The maximum absolute atomic E-state index is 13.1. The van der Waals surface area contributed by atoms with E-state index in [1.807, 2.05) is 18.4 Å². The number of amides is 1. The molecule has 4 rings (SSSR count). The number of likely N-dealkylation sites (tertiary alicyclic amines) is 1. The minimum Gasteiger partial charge on any atom is -0.369 e. The predicted molar refractivity (Wildman–Crippen MR) is 130 cm³/mol. The Morgan fingerprint density at radius 2 is 1.59 bits per heavy atom. The summed E-state index contributed by atoms with van der Waals surface area (Å²) >= 11 is 1.45. The quantitative estimate of drug-likeness (QED) is 0.649. The van der Waals surface area contributed by atoms with E-state index in [1.165, 1.54) is 17.8 Å². The molecule has 9 heteroatoms. The van der Waals surface area contributed by atoms with Gasteiger partial charge in [0.05, 0.1) is 10.5 Å². The van der Waals surface area contributed by atoms with Crippen LogP contribution >= 0.6 is 11.8 Å². The first-order chi connectivity index (χ1) is 15.4. The van der Waals surface area contributed by atoms with E-state index in [0.717, 1.165) is 62.7 Å². The molecule has 2 aliphatic heterocycles. The average molecular weight is 475 g/mol. The van der Waals surface area contributed by atoms with Gasteiger partial charge in [-0.1, -0.05) is 0 Å². The zero-order chi connectivity index (χ0) is 22.7. The van der Waals surface area contributed by atoms with Crippen molar-refractivity contribution in [3.05, 3.63) is 48.0 Å². The largest absolute Gasteiger partial charge is 0.369 e. The molecule has 0 atom stereocenters. The van der Waals surface area contributed by atoms with Crippen molar-refractivity contribution >= 4 is 39.1 Å². The summed E-state index contributed by atoms with van der Waals surface area (Å²) in [6, 6.07) is 12.3. The fourth-order valence-corrected chi connectivity index (χ4v) is 5.79. The summed E-state index contributed by atoms with van der Waals surface area (Å²) in [5, 5.41) is 0. The van der Waals surface area contributed by atoms with Crippen LogP contribution < -0.4 is 9.62 Å². The number of benzene rings is 2. The molecule has 2 aromatic carbocycles. The second-order valence-corrected chi connectivity index (χ2v) is 10.8. The predicted octanol–water partition coefficient (Wildman–Crippen LogP) is 3.20. The highest BCUT2D eigenvalue weighted by Gasteiger charge is 2.24. The van der Waals surface area contributed by atoms with Crippen molar-refractivity contribution in [2.45, 2.75) is 22.6 Å². The number of thioether (sulfide) groups is 1. The molecule has 1 N–H and O–H groups in total. The molecule has 0 unspecified atom stereocenters. The smallest absolute Gasteiger partial charge is 0.261 e. The summed E-state index contributed by atoms with van der Waals surface area (Å²) in [6.07, 6.45) is 3.87. The number of rotatable bonds is 6. The Kier molecular flexibility index (Phi) is 6.97. The van der Waals surface area contributed by atoms with E-state index in [1.54, 1.807) is 29.2 Å². The van der Waals surface area contributed by atoms with Crippen LogP contribution in [0.5, 0.6) is 0 Å². The maximum atomic E-state index is 13.1. The Labute approximate surface area is 194 Å². The third-order valence-corrected chi connectivity index (χ3v) is 8.27. The molecule has 2 saturated heterocycles. The summed E-state index contributed by atoms with van der Waals surface area (Å²) in [7, 11) is -1.70. The van der Waals surface area contributed by atoms with E-state index in [9.17, 15) is 13.2 Å². The van der Waals surface area contributed by atoms with Crippen molar-refractivity contribution in [1.82, 2.24) is 9.80 Å². The summed E-state index contributed by atoms with van der Waals surface area (Å²) in [4.78, 5) is 20.2. The number of hydrogen-bond donors (Lipinski definition) is 1. The number of nitrogens with zero attached hydrogens (tertiary/aromatic N) is 3. The number of anilines is 2. The van der Waals surface area contributed by atoms with Crippen LogP contribution in [0.25, 0.3) is 0 Å². The number of likely N-dealkylation sites (N-methyl/N-ethyl adjacent to an activating group) is 1. The number of sulfonamides is 1. The van der Waals surface area contributed by atoms with E-state index < -0.39 is 10.0 Å². The molecule has 0 aliphatic carbocycles. The Morgan fingerprint density at radius 1 is 0.938 bits per heavy atom. The first-order valence-electron chi connectivity index (χ1n) is 10.9. The number of piperazine rings is 1. The van der Waals surface area contributed by atoms with Gasteiger partial charge in [-0.25, -0.2) is 8.42 Å². The first kappa shape index (κ1) is 22.9. The van der Waals surface area contributed by atoms with E-state index in [2.05, 4.69) is 21.6 Å². The zero-order valence-electron chi connectivity index (χ0n) is 18.6. The third kappa shape index (κ3) is 5.05. The lowest BCUT2D eigenvalue weighted by Gasteiger charge is -2.34. The van der Waals surface area contributed by atoms with Crippen LogP contribution in [0.1, 0.15) is 23.2 Å². The zero-order valence-corrected chi connectivity index (χ0v) is 20.2. The van der Waals surface area contributed by atoms with Gasteiger partial charge in [0.25, 0.3) is 15.9 Å². The number of hydrogen-bond acceptors (Lipinski definition) is 6. The lowest BCUT2D eigenvalue weighted by atomic mass is 10.2. The van der Waals surface area contributed by atoms with Crippen molar-refractivity contribution in [3.63, 3.8) is 0 Å². The molecule has 2 aliphatic rings. The van der Waals surface area contributed by atoms with Crippen molar-refractivity contribution in [2.75, 3.05) is 62.2 Å². The van der Waals surface area contributed by atoms with E-state index in [0.29, 0.717) is 11.3 Å². The van der Waals surface area contributed by atoms with Crippen molar-refractivity contribution in [2.24, 2.45) is 0 Å². The fraction of sp³-hybridized carbons (Fsp3) is 0.435. The molecular weight excluding hydrogens is 444 g/mol. The Balaban J connectivity index is 1.52. The molecule has 0 bridgehead atoms. The molecule has 2 aromatic rings. The molecule has 1 amide bonds. The van der Waals surface area contributed by atoms with Gasteiger partial charge < -0.3 is 14.7 Å². The van der Waals surface area contributed by atoms with Crippen LogP contribution in [0.3, 0.4) is 0 Å². The molecule has 7 nitrogen and oxygen atoms in total. The highest BCUT2D eigenvalue weighted by molar-refractivity contribution is 7.98. The van der Waals surface area contributed by atoms with E-state index in [4.69, 9.17) is 0 Å². The maximum Gasteiger partial charge on any atom is 0.261 e. The van der Waals surface area contributed by atoms with Gasteiger partial charge in [0.1, 0.15) is 0 Å². The lowest BCUT2D eigenvalue weighted by Crippen LogP contribution is -2.44. The van der Waals surface area contributed by atoms with Gasteiger partial charge in [-0.2, -0.15) is 0 Å². The molecule has 0 aromatic heterocycles. The molecule has 0 spiro atoms. The van der Waals surface area contributed by atoms with Crippen LogP contribution in [0.4, 0.5) is 11.4 Å². The van der Waals surface area contributed by atoms with E-state index >= 15 is 0 Å². The van der Waals surface area contributed by atoms with Crippen LogP contribution in [-0.4, -0.2) is 76.7 Å². The SMILES string of the molecule is CSc1ccc(S(=O)(=O)Nc2ccc(N3CCN(C)CC3)cc2)cc1C(=O)N1CCCC1. The van der Waals surface area contributed by atoms with Crippen LogP contribution in [0, 0.1) is 0 Å². The standard InChI is InChI=1S/C23H30N4O3S2/c1-25-13-15-26(16-14-25)19-7-5-18(6-8-19)24-32(29,30)20-9-10-22(31-2)21(17-20)23(28)27-11-3-4-12-27/h5-10,17,24H,3-4,11-16H2,1-2H3. The molecule has 172 valence electrons. The molecule has 2 fully saturated rings. The van der Waals surface area contributed by atoms with Crippen LogP contribution in [0.15, 0.2) is 52.3 Å². The minimum atomic E-state index is -3.81. The normalized spacial score (nSPS) is 17.6. The fourth-order valence-electron chi connectivity index (χ4n) is 4.13. The van der Waals surface area contributed by atoms with Gasteiger partial charge in [0, 0.05) is 55.5 Å². The summed E-state index contributed by atoms with van der Waals surface area (Å²) < 4.78 is 28.8. The van der Waals surface area contributed by atoms with Gasteiger partial charge in [-0.05, 0) is 68.6 Å². The van der Waals surface area contributed by atoms with Gasteiger partial charge in [-0.15, -0.1) is 11.8 Å². The molecule has 2 heterocycles. The summed E-state index contributed by atoms with van der Waals surface area (Å²) in [6.45, 7) is 5.38. The summed E-state index contributed by atoms with van der Waals surface area (Å²) in [5.74, 6) is -0.0968. The highest BCUT2D eigenvalue weighted by Crippen LogP contribution is 2.28. The van der Waals surface area contributed by atoms with E-state index in [-0.39, 0.29) is 10.8 Å². The summed E-state index contributed by atoms with van der Waals surface area (Å²) in [5.41, 5.74) is 2.04.